The van der Waals surface area contributed by atoms with Crippen molar-refractivity contribution in [2.24, 2.45) is 5.92 Å². The van der Waals surface area contributed by atoms with Crippen molar-refractivity contribution in [1.29, 1.82) is 0 Å². The summed E-state index contributed by atoms with van der Waals surface area (Å²) in [7, 11) is 0. The van der Waals surface area contributed by atoms with E-state index >= 15 is 0 Å². The van der Waals surface area contributed by atoms with Gasteiger partial charge in [-0.3, -0.25) is 9.89 Å². The van der Waals surface area contributed by atoms with E-state index in [1.54, 1.807) is 0 Å². The van der Waals surface area contributed by atoms with E-state index in [9.17, 15) is 4.79 Å². The number of aromatic nitrogens is 2. The molecule has 0 bridgehead atoms. The molecule has 0 radical (unpaired) electrons. The molecule has 0 aliphatic heterocycles. The van der Waals surface area contributed by atoms with Gasteiger partial charge in [-0.25, -0.2) is 0 Å². The lowest BCUT2D eigenvalue weighted by Gasteiger charge is -2.12. The van der Waals surface area contributed by atoms with E-state index in [0.29, 0.717) is 17.3 Å². The molecular formula is C13H20N4O. The van der Waals surface area contributed by atoms with Crippen LogP contribution >= 0.6 is 0 Å². The standard InChI is InChI=1S/C13H20N4O/c1-7(6-8-2-3-8)15-13(18)12-10(14)11(16-17-12)9-4-5-9/h7-9H,2-6,14H2,1H3,(H,15,18)(H,16,17). The maximum Gasteiger partial charge on any atom is 0.274 e. The van der Waals surface area contributed by atoms with Crippen molar-refractivity contribution >= 4 is 11.6 Å². The van der Waals surface area contributed by atoms with Gasteiger partial charge in [0.2, 0.25) is 0 Å². The number of carbonyl (C=O) groups excluding carboxylic acids is 1. The molecule has 1 amide bonds. The zero-order valence-corrected chi connectivity index (χ0v) is 10.7. The minimum atomic E-state index is -0.149. The Morgan fingerprint density at radius 2 is 2.22 bits per heavy atom. The van der Waals surface area contributed by atoms with Crippen molar-refractivity contribution in [3.63, 3.8) is 0 Å². The highest BCUT2D eigenvalue weighted by Crippen LogP contribution is 2.42. The maximum atomic E-state index is 12.1. The SMILES string of the molecule is CC(CC1CC1)NC(=O)c1n[nH]c(C2CC2)c1N. The van der Waals surface area contributed by atoms with Gasteiger partial charge in [0.15, 0.2) is 5.69 Å². The highest BCUT2D eigenvalue weighted by Gasteiger charge is 2.31. The Bertz CT molecular complexity index is 460. The first-order valence-electron chi connectivity index (χ1n) is 6.79. The lowest BCUT2D eigenvalue weighted by molar-refractivity contribution is 0.0933. The number of rotatable bonds is 5. The summed E-state index contributed by atoms with van der Waals surface area (Å²) in [4.78, 5) is 12.1. The van der Waals surface area contributed by atoms with Crippen LogP contribution in [-0.2, 0) is 0 Å². The number of hydrogen-bond donors (Lipinski definition) is 3. The van der Waals surface area contributed by atoms with Crippen LogP contribution in [0.2, 0.25) is 0 Å². The normalized spacial score (nSPS) is 20.7. The summed E-state index contributed by atoms with van der Waals surface area (Å²) < 4.78 is 0. The predicted octanol–water partition coefficient (Wildman–Crippen LogP) is 1.79. The van der Waals surface area contributed by atoms with E-state index in [-0.39, 0.29) is 11.9 Å². The van der Waals surface area contributed by atoms with Crippen LogP contribution in [0, 0.1) is 5.92 Å². The van der Waals surface area contributed by atoms with Gasteiger partial charge in [-0.05, 0) is 32.1 Å². The van der Waals surface area contributed by atoms with Crippen LogP contribution in [0.3, 0.4) is 0 Å². The smallest absolute Gasteiger partial charge is 0.274 e. The summed E-state index contributed by atoms with van der Waals surface area (Å²) in [5, 5.41) is 9.95. The largest absolute Gasteiger partial charge is 0.395 e. The van der Waals surface area contributed by atoms with E-state index < -0.39 is 0 Å². The fraction of sp³-hybridized carbons (Fsp3) is 0.692. The average molecular weight is 248 g/mol. The first-order chi connectivity index (χ1) is 8.65. The molecule has 2 aliphatic rings. The highest BCUT2D eigenvalue weighted by atomic mass is 16.2. The second-order valence-corrected chi connectivity index (χ2v) is 5.73. The van der Waals surface area contributed by atoms with Crippen LogP contribution in [0.15, 0.2) is 0 Å². The van der Waals surface area contributed by atoms with Crippen LogP contribution in [0.25, 0.3) is 0 Å². The second kappa shape index (κ2) is 4.30. The van der Waals surface area contributed by atoms with Crippen molar-refractivity contribution in [3.05, 3.63) is 11.4 Å². The Morgan fingerprint density at radius 1 is 1.50 bits per heavy atom. The van der Waals surface area contributed by atoms with Gasteiger partial charge >= 0.3 is 0 Å². The molecule has 1 aromatic rings. The number of nitrogens with two attached hydrogens (primary N) is 1. The molecule has 4 N–H and O–H groups in total. The maximum absolute atomic E-state index is 12.1. The van der Waals surface area contributed by atoms with Crippen LogP contribution in [0.4, 0.5) is 5.69 Å². The first kappa shape index (κ1) is 11.6. The second-order valence-electron chi connectivity index (χ2n) is 5.73. The fourth-order valence-corrected chi connectivity index (χ4v) is 2.43. The number of carbonyl (C=O) groups is 1. The van der Waals surface area contributed by atoms with Crippen molar-refractivity contribution in [2.45, 2.75) is 51.0 Å². The van der Waals surface area contributed by atoms with Crippen LogP contribution < -0.4 is 11.1 Å². The Morgan fingerprint density at radius 3 is 2.83 bits per heavy atom. The minimum Gasteiger partial charge on any atom is -0.395 e. The summed E-state index contributed by atoms with van der Waals surface area (Å²) in [6, 6.07) is 0.200. The molecule has 2 saturated carbocycles. The molecule has 5 heteroatoms. The molecule has 18 heavy (non-hydrogen) atoms. The monoisotopic (exact) mass is 248 g/mol. The molecule has 0 aromatic carbocycles. The number of H-pyrrole nitrogens is 1. The zero-order valence-electron chi connectivity index (χ0n) is 10.7. The van der Waals surface area contributed by atoms with Gasteiger partial charge in [0.1, 0.15) is 0 Å². The molecule has 2 fully saturated rings. The molecule has 1 atom stereocenters. The van der Waals surface area contributed by atoms with Crippen molar-refractivity contribution < 1.29 is 4.79 Å². The van der Waals surface area contributed by atoms with Crippen LogP contribution in [0.5, 0.6) is 0 Å². The minimum absolute atomic E-state index is 0.149. The average Bonchev–Trinajstić information content (AvgIpc) is 3.20. The van der Waals surface area contributed by atoms with E-state index in [1.807, 2.05) is 6.92 Å². The van der Waals surface area contributed by atoms with Gasteiger partial charge in [-0.1, -0.05) is 12.8 Å². The van der Waals surface area contributed by atoms with Gasteiger partial charge in [0.05, 0.1) is 11.4 Å². The molecule has 3 rings (SSSR count). The Kier molecular flexibility index (Phi) is 2.76. The zero-order chi connectivity index (χ0) is 12.7. The molecule has 2 aliphatic carbocycles. The molecule has 98 valence electrons. The van der Waals surface area contributed by atoms with Crippen molar-refractivity contribution in [3.8, 4) is 0 Å². The summed E-state index contributed by atoms with van der Waals surface area (Å²) in [6.07, 6.45) is 5.95. The molecule has 1 heterocycles. The van der Waals surface area contributed by atoms with Gasteiger partial charge in [0.25, 0.3) is 5.91 Å². The topological polar surface area (TPSA) is 83.8 Å². The number of amides is 1. The molecule has 5 nitrogen and oxygen atoms in total. The molecule has 0 saturated heterocycles. The summed E-state index contributed by atoms with van der Waals surface area (Å²) in [5.74, 6) is 1.14. The van der Waals surface area contributed by atoms with Crippen molar-refractivity contribution in [1.82, 2.24) is 15.5 Å². The van der Waals surface area contributed by atoms with E-state index in [1.165, 1.54) is 12.8 Å². The number of nitrogen functional groups attached to an aromatic ring is 1. The number of nitrogens with zero attached hydrogens (tertiary/aromatic N) is 1. The van der Waals surface area contributed by atoms with Gasteiger partial charge in [-0.15, -0.1) is 0 Å². The van der Waals surface area contributed by atoms with Crippen LogP contribution in [0.1, 0.15) is 61.1 Å². The predicted molar refractivity (Wildman–Crippen MR) is 69.2 cm³/mol. The molecular weight excluding hydrogens is 228 g/mol. The molecule has 0 spiro atoms. The number of aromatic amines is 1. The van der Waals surface area contributed by atoms with Gasteiger partial charge in [-0.2, -0.15) is 5.10 Å². The first-order valence-corrected chi connectivity index (χ1v) is 6.79. The molecule has 1 aromatic heterocycles. The highest BCUT2D eigenvalue weighted by molar-refractivity contribution is 5.97. The van der Waals surface area contributed by atoms with E-state index in [0.717, 1.165) is 30.9 Å². The van der Waals surface area contributed by atoms with Gasteiger partial charge < -0.3 is 11.1 Å². The van der Waals surface area contributed by atoms with Crippen molar-refractivity contribution in [2.75, 3.05) is 5.73 Å². The molecule has 1 unspecified atom stereocenters. The Hall–Kier alpha value is -1.52. The lowest BCUT2D eigenvalue weighted by atomic mass is 10.1. The summed E-state index contributed by atoms with van der Waals surface area (Å²) in [5.41, 5.74) is 7.82. The van der Waals surface area contributed by atoms with Gasteiger partial charge in [0, 0.05) is 12.0 Å². The fourth-order valence-electron chi connectivity index (χ4n) is 2.43. The van der Waals surface area contributed by atoms with E-state index in [4.69, 9.17) is 5.73 Å². The van der Waals surface area contributed by atoms with Crippen LogP contribution in [-0.4, -0.2) is 22.1 Å². The number of hydrogen-bond acceptors (Lipinski definition) is 3. The third-order valence-electron chi connectivity index (χ3n) is 3.80. The summed E-state index contributed by atoms with van der Waals surface area (Å²) >= 11 is 0. The third kappa shape index (κ3) is 2.35. The van der Waals surface area contributed by atoms with E-state index in [2.05, 4.69) is 15.5 Å². The summed E-state index contributed by atoms with van der Waals surface area (Å²) in [6.45, 7) is 2.04. The lowest BCUT2D eigenvalue weighted by Crippen LogP contribution is -2.33. The Balaban J connectivity index is 1.63. The number of nitrogens with one attached hydrogen (secondary N) is 2. The Labute approximate surface area is 107 Å². The quantitative estimate of drug-likeness (QED) is 0.742. The third-order valence-corrected chi connectivity index (χ3v) is 3.80. The number of anilines is 1.